The Balaban J connectivity index is 2.17. The van der Waals surface area contributed by atoms with E-state index in [0.29, 0.717) is 6.04 Å². The van der Waals surface area contributed by atoms with Crippen LogP contribution in [0.2, 0.25) is 0 Å². The van der Waals surface area contributed by atoms with E-state index in [1.807, 2.05) is 12.4 Å². The smallest absolute Gasteiger partial charge is 0.0534 e. The number of anilines is 1. The van der Waals surface area contributed by atoms with Crippen molar-refractivity contribution in [1.82, 2.24) is 4.98 Å². The van der Waals surface area contributed by atoms with E-state index < -0.39 is 0 Å². The number of nitrogens with one attached hydrogen (secondary N) is 1. The summed E-state index contributed by atoms with van der Waals surface area (Å²) in [7, 11) is 0. The monoisotopic (exact) mass is 240 g/mol. The van der Waals surface area contributed by atoms with Crippen LogP contribution < -0.4 is 5.32 Å². The standard InChI is InChI=1S/C16H20N2/c1-4-16(14-7-5-12(2)6-8-14)18-15-9-13(3)10-17-11-15/h5-11,16,18H,4H2,1-3H3. The molecule has 0 bridgehead atoms. The van der Waals surface area contributed by atoms with Gasteiger partial charge in [-0.15, -0.1) is 0 Å². The first-order valence-electron chi connectivity index (χ1n) is 6.44. The molecular weight excluding hydrogens is 220 g/mol. The Hall–Kier alpha value is -1.83. The molecule has 1 heterocycles. The molecule has 1 aromatic heterocycles. The van der Waals surface area contributed by atoms with Crippen LogP contribution in [0, 0.1) is 13.8 Å². The van der Waals surface area contributed by atoms with Gasteiger partial charge in [-0.2, -0.15) is 0 Å². The Labute approximate surface area is 109 Å². The zero-order valence-electron chi connectivity index (χ0n) is 11.3. The van der Waals surface area contributed by atoms with Crippen molar-refractivity contribution in [1.29, 1.82) is 0 Å². The second-order valence-corrected chi connectivity index (χ2v) is 4.77. The predicted octanol–water partition coefficient (Wildman–Crippen LogP) is 4.26. The summed E-state index contributed by atoms with van der Waals surface area (Å²) in [6.07, 6.45) is 4.80. The van der Waals surface area contributed by atoms with Gasteiger partial charge in [-0.25, -0.2) is 0 Å². The van der Waals surface area contributed by atoms with Crippen LogP contribution >= 0.6 is 0 Å². The second kappa shape index (κ2) is 5.67. The lowest BCUT2D eigenvalue weighted by atomic mass is 10.0. The average Bonchev–Trinajstić information content (AvgIpc) is 2.37. The van der Waals surface area contributed by atoms with Crippen molar-refractivity contribution in [3.63, 3.8) is 0 Å². The van der Waals surface area contributed by atoms with Crippen LogP contribution in [0.15, 0.2) is 42.7 Å². The lowest BCUT2D eigenvalue weighted by Gasteiger charge is -2.19. The van der Waals surface area contributed by atoms with E-state index in [9.17, 15) is 0 Å². The first kappa shape index (κ1) is 12.6. The summed E-state index contributed by atoms with van der Waals surface area (Å²) >= 11 is 0. The fraction of sp³-hybridized carbons (Fsp3) is 0.312. The van der Waals surface area contributed by atoms with Gasteiger partial charge in [-0.05, 0) is 37.5 Å². The average molecular weight is 240 g/mol. The third-order valence-corrected chi connectivity index (χ3v) is 3.10. The summed E-state index contributed by atoms with van der Waals surface area (Å²) in [4.78, 5) is 4.22. The summed E-state index contributed by atoms with van der Waals surface area (Å²) in [5.74, 6) is 0. The van der Waals surface area contributed by atoms with E-state index in [1.54, 1.807) is 0 Å². The molecule has 0 fully saturated rings. The SMILES string of the molecule is CCC(Nc1cncc(C)c1)c1ccc(C)cc1. The van der Waals surface area contributed by atoms with Gasteiger partial charge >= 0.3 is 0 Å². The summed E-state index contributed by atoms with van der Waals surface area (Å²) in [6, 6.07) is 11.2. The van der Waals surface area contributed by atoms with Gasteiger partial charge in [0.2, 0.25) is 0 Å². The zero-order chi connectivity index (χ0) is 13.0. The molecule has 1 N–H and O–H groups in total. The van der Waals surface area contributed by atoms with E-state index in [4.69, 9.17) is 0 Å². The van der Waals surface area contributed by atoms with E-state index >= 15 is 0 Å². The summed E-state index contributed by atoms with van der Waals surface area (Å²) < 4.78 is 0. The molecule has 0 spiro atoms. The molecule has 1 atom stereocenters. The molecule has 2 aromatic rings. The Morgan fingerprint density at radius 3 is 2.39 bits per heavy atom. The maximum Gasteiger partial charge on any atom is 0.0534 e. The summed E-state index contributed by atoms with van der Waals surface area (Å²) in [5.41, 5.74) is 4.89. The first-order valence-corrected chi connectivity index (χ1v) is 6.44. The third-order valence-electron chi connectivity index (χ3n) is 3.10. The van der Waals surface area contributed by atoms with Gasteiger partial charge in [0.15, 0.2) is 0 Å². The highest BCUT2D eigenvalue weighted by atomic mass is 14.9. The maximum atomic E-state index is 4.22. The quantitative estimate of drug-likeness (QED) is 0.863. The second-order valence-electron chi connectivity index (χ2n) is 4.77. The minimum Gasteiger partial charge on any atom is -0.377 e. The Kier molecular flexibility index (Phi) is 3.98. The van der Waals surface area contributed by atoms with Gasteiger partial charge in [0.05, 0.1) is 11.7 Å². The number of hydrogen-bond acceptors (Lipinski definition) is 2. The molecule has 2 rings (SSSR count). The van der Waals surface area contributed by atoms with Crippen molar-refractivity contribution in [2.24, 2.45) is 0 Å². The minimum absolute atomic E-state index is 0.342. The van der Waals surface area contributed by atoms with Crippen molar-refractivity contribution in [3.05, 3.63) is 59.4 Å². The lowest BCUT2D eigenvalue weighted by molar-refractivity contribution is 0.748. The fourth-order valence-electron chi connectivity index (χ4n) is 2.05. The lowest BCUT2D eigenvalue weighted by Crippen LogP contribution is -2.09. The van der Waals surface area contributed by atoms with Crippen molar-refractivity contribution < 1.29 is 0 Å². The fourth-order valence-corrected chi connectivity index (χ4v) is 2.05. The predicted molar refractivity (Wildman–Crippen MR) is 76.8 cm³/mol. The number of aromatic nitrogens is 1. The molecule has 0 saturated carbocycles. The molecule has 0 aliphatic rings. The highest BCUT2D eigenvalue weighted by Gasteiger charge is 2.08. The first-order chi connectivity index (χ1) is 8.69. The molecule has 18 heavy (non-hydrogen) atoms. The highest BCUT2D eigenvalue weighted by Crippen LogP contribution is 2.22. The van der Waals surface area contributed by atoms with Gasteiger partial charge < -0.3 is 5.32 Å². The molecule has 0 aliphatic carbocycles. The number of hydrogen-bond donors (Lipinski definition) is 1. The van der Waals surface area contributed by atoms with Crippen LogP contribution in [-0.4, -0.2) is 4.98 Å². The topological polar surface area (TPSA) is 24.9 Å². The molecule has 0 amide bonds. The molecule has 1 aromatic carbocycles. The molecule has 1 unspecified atom stereocenters. The summed E-state index contributed by atoms with van der Waals surface area (Å²) in [5, 5.41) is 3.54. The van der Waals surface area contributed by atoms with E-state index in [0.717, 1.165) is 12.1 Å². The number of aryl methyl sites for hydroxylation is 2. The summed E-state index contributed by atoms with van der Waals surface area (Å²) in [6.45, 7) is 6.37. The van der Waals surface area contributed by atoms with Crippen molar-refractivity contribution in [3.8, 4) is 0 Å². The molecule has 2 nitrogen and oxygen atoms in total. The van der Waals surface area contributed by atoms with Gasteiger partial charge in [-0.1, -0.05) is 36.8 Å². The van der Waals surface area contributed by atoms with Crippen LogP contribution in [-0.2, 0) is 0 Å². The van der Waals surface area contributed by atoms with Gasteiger partial charge in [0.25, 0.3) is 0 Å². The van der Waals surface area contributed by atoms with Crippen molar-refractivity contribution in [2.45, 2.75) is 33.2 Å². The van der Waals surface area contributed by atoms with Crippen LogP contribution in [0.4, 0.5) is 5.69 Å². The molecule has 0 radical (unpaired) electrons. The number of pyridine rings is 1. The number of rotatable bonds is 4. The number of nitrogens with zero attached hydrogens (tertiary/aromatic N) is 1. The molecular formula is C16H20N2. The van der Waals surface area contributed by atoms with Gasteiger partial charge in [0, 0.05) is 12.4 Å². The largest absolute Gasteiger partial charge is 0.377 e. The molecule has 2 heteroatoms. The number of benzene rings is 1. The van der Waals surface area contributed by atoms with Gasteiger partial charge in [-0.3, -0.25) is 4.98 Å². The van der Waals surface area contributed by atoms with Crippen LogP contribution in [0.1, 0.15) is 36.1 Å². The van der Waals surface area contributed by atoms with E-state index in [1.165, 1.54) is 16.7 Å². The van der Waals surface area contributed by atoms with Crippen LogP contribution in [0.3, 0.4) is 0 Å². The molecule has 0 aliphatic heterocycles. The van der Waals surface area contributed by atoms with Crippen molar-refractivity contribution in [2.75, 3.05) is 5.32 Å². The zero-order valence-corrected chi connectivity index (χ0v) is 11.3. The Morgan fingerprint density at radius 2 is 1.78 bits per heavy atom. The van der Waals surface area contributed by atoms with Gasteiger partial charge in [0.1, 0.15) is 0 Å². The normalized spacial score (nSPS) is 12.2. The van der Waals surface area contributed by atoms with E-state index in [-0.39, 0.29) is 0 Å². The molecule has 0 saturated heterocycles. The van der Waals surface area contributed by atoms with Crippen molar-refractivity contribution >= 4 is 5.69 Å². The van der Waals surface area contributed by atoms with Crippen LogP contribution in [0.25, 0.3) is 0 Å². The highest BCUT2D eigenvalue weighted by molar-refractivity contribution is 5.45. The van der Waals surface area contributed by atoms with E-state index in [2.05, 4.69) is 61.4 Å². The van der Waals surface area contributed by atoms with Crippen LogP contribution in [0.5, 0.6) is 0 Å². The Morgan fingerprint density at radius 1 is 1.06 bits per heavy atom. The Bertz CT molecular complexity index is 503. The third kappa shape index (κ3) is 3.10. The molecule has 94 valence electrons. The maximum absolute atomic E-state index is 4.22. The minimum atomic E-state index is 0.342.